The molecule has 4 aromatic carbocycles. The van der Waals surface area contributed by atoms with E-state index in [1.165, 1.54) is 65.6 Å². The van der Waals surface area contributed by atoms with Gasteiger partial charge in [-0.2, -0.15) is 0 Å². The largest absolute Gasteiger partial charge is 0.508 e. The monoisotopic (exact) mass is 887 g/mol. The van der Waals surface area contributed by atoms with Crippen LogP contribution in [0.2, 0.25) is 0 Å². The van der Waals surface area contributed by atoms with E-state index in [0.717, 1.165) is 12.1 Å². The molecule has 3 aliphatic rings. The summed E-state index contributed by atoms with van der Waals surface area (Å²) in [6.07, 6.45) is -18.8. The molecule has 3 saturated heterocycles. The van der Waals surface area contributed by atoms with E-state index in [4.69, 9.17) is 14.2 Å². The molecule has 0 saturated carbocycles. The third kappa shape index (κ3) is 9.12. The van der Waals surface area contributed by atoms with Gasteiger partial charge in [-0.25, -0.2) is 17.2 Å². The van der Waals surface area contributed by atoms with Crippen molar-refractivity contribution in [2.24, 2.45) is 5.92 Å². The zero-order valence-corrected chi connectivity index (χ0v) is 33.6. The van der Waals surface area contributed by atoms with Crippen LogP contribution in [0.25, 0.3) is 11.1 Å². The Kier molecular flexibility index (Phi) is 13.7. The zero-order chi connectivity index (χ0) is 44.6. The normalized spacial score (nSPS) is 30.8. The Balaban J connectivity index is 1.22. The lowest BCUT2D eigenvalue weighted by Gasteiger charge is -2.48. The maximum Gasteiger partial charge on any atom is 0.233 e. The van der Waals surface area contributed by atoms with Gasteiger partial charge in [-0.05, 0) is 89.7 Å². The van der Waals surface area contributed by atoms with Gasteiger partial charge in [0.2, 0.25) is 5.91 Å². The maximum absolute atomic E-state index is 14.8. The highest BCUT2D eigenvalue weighted by molar-refractivity contribution is 7.91. The van der Waals surface area contributed by atoms with Gasteiger partial charge in [0, 0.05) is 5.69 Å². The van der Waals surface area contributed by atoms with Gasteiger partial charge in [-0.1, -0.05) is 36.4 Å². The minimum absolute atomic E-state index is 0.0123. The minimum Gasteiger partial charge on any atom is -0.508 e. The molecule has 16 nitrogen and oxygen atoms in total. The fraction of sp³-hybridized carbons (Fsp3) is 0.419. The predicted molar refractivity (Wildman–Crippen MR) is 213 cm³/mol. The van der Waals surface area contributed by atoms with Gasteiger partial charge < -0.3 is 65.1 Å². The van der Waals surface area contributed by atoms with E-state index in [-0.39, 0.29) is 34.7 Å². The molecule has 334 valence electrons. The van der Waals surface area contributed by atoms with Crippen molar-refractivity contribution in [2.45, 2.75) is 91.1 Å². The Morgan fingerprint density at radius 3 is 1.94 bits per heavy atom. The second-order valence-electron chi connectivity index (χ2n) is 15.6. The summed E-state index contributed by atoms with van der Waals surface area (Å²) in [6, 6.07) is 19.5. The van der Waals surface area contributed by atoms with Gasteiger partial charge in [0.1, 0.15) is 72.3 Å². The van der Waals surface area contributed by atoms with Crippen molar-refractivity contribution in [3.63, 3.8) is 0 Å². The molecular formula is C43H47F2NO15S. The van der Waals surface area contributed by atoms with Crippen LogP contribution in [0, 0.1) is 17.6 Å². The number of rotatable bonds is 14. The van der Waals surface area contributed by atoms with Crippen LogP contribution < -0.4 is 4.90 Å². The Hall–Kier alpha value is -4.48. The number of phenols is 1. The second-order valence-corrected chi connectivity index (χ2v) is 17.6. The van der Waals surface area contributed by atoms with Gasteiger partial charge in [-0.15, -0.1) is 0 Å². The number of aromatic hydroxyl groups is 1. The number of β-lactam (4-membered cyclic amide) rings is 1. The first kappa shape index (κ1) is 45.5. The standard InChI is InChI=1S/C43H47F2NO15S/c44-24-6-1-22(2-7-24)30(50)16-15-29-35(46(42(29)56)26-10-8-25(45)9-11-26)28-14-5-23(21-3-12-27(49)13-4-21)17-34(28)62(57,58)20-33-37(52)39(54)41(32(19-48)59-33)61-43-40(55)38(53)36(51)31(18-47)60-43/h1-14,17,29-33,35-41,43,47-55H,15-16,18-20H2/t29-,30?,31?,32?,33?,35?,36?,37?,38?,39?,40?,41?,43?/m1/s1. The molecule has 9 N–H and O–H groups in total. The Morgan fingerprint density at radius 1 is 0.710 bits per heavy atom. The summed E-state index contributed by atoms with van der Waals surface area (Å²) in [5.41, 5.74) is 1.59. The number of ether oxygens (including phenoxy) is 3. The molecule has 3 heterocycles. The van der Waals surface area contributed by atoms with Crippen molar-refractivity contribution in [3.05, 3.63) is 114 Å². The molecule has 0 aliphatic carbocycles. The number of hydrogen-bond donors (Lipinski definition) is 9. The molecule has 3 aliphatic heterocycles. The summed E-state index contributed by atoms with van der Waals surface area (Å²) in [5.74, 6) is -3.55. The van der Waals surface area contributed by atoms with E-state index in [1.807, 2.05) is 0 Å². The first-order chi connectivity index (χ1) is 29.5. The molecule has 19 heteroatoms. The van der Waals surface area contributed by atoms with Crippen LogP contribution in [0.5, 0.6) is 5.75 Å². The molecule has 0 spiro atoms. The van der Waals surface area contributed by atoms with Crippen LogP contribution in [-0.2, 0) is 28.8 Å². The van der Waals surface area contributed by atoms with E-state index in [0.29, 0.717) is 16.7 Å². The summed E-state index contributed by atoms with van der Waals surface area (Å²) in [4.78, 5) is 15.0. The number of aliphatic hydroxyl groups is 8. The minimum atomic E-state index is -4.65. The molecule has 0 aromatic heterocycles. The topological polar surface area (TPSA) is 264 Å². The number of aliphatic hydroxyl groups excluding tert-OH is 8. The summed E-state index contributed by atoms with van der Waals surface area (Å²) < 4.78 is 74.2. The van der Waals surface area contributed by atoms with Gasteiger partial charge in [0.25, 0.3) is 0 Å². The summed E-state index contributed by atoms with van der Waals surface area (Å²) in [7, 11) is -4.65. The number of amides is 1. The quantitative estimate of drug-likeness (QED) is 0.0800. The number of phenolic OH excluding ortho intramolecular Hbond substituents is 1. The molecular weight excluding hydrogens is 841 g/mol. The lowest BCUT2D eigenvalue weighted by atomic mass is 9.78. The highest BCUT2D eigenvalue weighted by Crippen LogP contribution is 2.49. The van der Waals surface area contributed by atoms with Crippen molar-refractivity contribution >= 4 is 21.4 Å². The third-order valence-corrected chi connectivity index (χ3v) is 13.5. The van der Waals surface area contributed by atoms with Gasteiger partial charge in [-0.3, -0.25) is 4.79 Å². The number of carbonyl (C=O) groups excluding carboxylic acids is 1. The van der Waals surface area contributed by atoms with Gasteiger partial charge in [0.05, 0.1) is 41.9 Å². The second kappa shape index (κ2) is 18.7. The number of halogens is 2. The summed E-state index contributed by atoms with van der Waals surface area (Å²) in [6.45, 7) is -1.71. The van der Waals surface area contributed by atoms with E-state index in [9.17, 15) is 68.0 Å². The maximum atomic E-state index is 14.8. The SMILES string of the molecule is O=C1[C@H](CCC(O)c2ccc(F)cc2)C(c2ccc(-c3ccc(O)cc3)cc2S(=O)(=O)CC2OC(CO)C(OC3OC(CO)C(O)C(O)C3O)C(O)C2O)N1c1ccc(F)cc1. The molecule has 12 unspecified atom stereocenters. The average molecular weight is 888 g/mol. The van der Waals surface area contributed by atoms with Crippen molar-refractivity contribution in [1.29, 1.82) is 0 Å². The average Bonchev–Trinajstić information content (AvgIpc) is 3.26. The summed E-state index contributed by atoms with van der Waals surface area (Å²) in [5, 5.41) is 94.4. The van der Waals surface area contributed by atoms with Crippen LogP contribution in [0.4, 0.5) is 14.5 Å². The lowest BCUT2D eigenvalue weighted by Crippen LogP contribution is -2.65. The molecule has 3 fully saturated rings. The molecule has 13 atom stereocenters. The highest BCUT2D eigenvalue weighted by atomic mass is 32.2. The van der Waals surface area contributed by atoms with Crippen LogP contribution in [0.3, 0.4) is 0 Å². The number of carbonyl (C=O) groups is 1. The Bertz CT molecular complexity index is 2280. The van der Waals surface area contributed by atoms with E-state index >= 15 is 0 Å². The Morgan fingerprint density at radius 2 is 1.31 bits per heavy atom. The molecule has 1 amide bonds. The fourth-order valence-electron chi connectivity index (χ4n) is 8.26. The van der Waals surface area contributed by atoms with Crippen LogP contribution >= 0.6 is 0 Å². The highest BCUT2D eigenvalue weighted by Gasteiger charge is 2.53. The van der Waals surface area contributed by atoms with Crippen LogP contribution in [0.1, 0.15) is 36.1 Å². The van der Waals surface area contributed by atoms with E-state index in [2.05, 4.69) is 0 Å². The molecule has 0 radical (unpaired) electrons. The number of hydrogen-bond acceptors (Lipinski definition) is 15. The number of nitrogens with zero attached hydrogens (tertiary/aromatic N) is 1. The van der Waals surface area contributed by atoms with Crippen LogP contribution in [-0.4, -0.2) is 140 Å². The number of anilines is 1. The fourth-order valence-corrected chi connectivity index (χ4v) is 10.00. The zero-order valence-electron chi connectivity index (χ0n) is 32.8. The molecule has 4 aromatic rings. The van der Waals surface area contributed by atoms with Crippen LogP contribution in [0.15, 0.2) is 95.9 Å². The number of benzene rings is 4. The van der Waals surface area contributed by atoms with Crippen molar-refractivity contribution in [3.8, 4) is 16.9 Å². The first-order valence-corrected chi connectivity index (χ1v) is 21.4. The first-order valence-electron chi connectivity index (χ1n) is 19.8. The van der Waals surface area contributed by atoms with E-state index < -0.39 is 126 Å². The number of sulfone groups is 1. The smallest absolute Gasteiger partial charge is 0.233 e. The third-order valence-electron chi connectivity index (χ3n) is 11.7. The lowest BCUT2D eigenvalue weighted by molar-refractivity contribution is -0.341. The van der Waals surface area contributed by atoms with Crippen molar-refractivity contribution < 1.29 is 82.2 Å². The van der Waals surface area contributed by atoms with Gasteiger partial charge >= 0.3 is 0 Å². The van der Waals surface area contributed by atoms with Gasteiger partial charge in [0.15, 0.2) is 16.1 Å². The molecule has 7 rings (SSSR count). The van der Waals surface area contributed by atoms with Crippen molar-refractivity contribution in [1.82, 2.24) is 0 Å². The predicted octanol–water partition coefficient (Wildman–Crippen LogP) is 0.996. The summed E-state index contributed by atoms with van der Waals surface area (Å²) >= 11 is 0. The van der Waals surface area contributed by atoms with E-state index in [1.54, 1.807) is 18.2 Å². The molecule has 0 bridgehead atoms. The Labute approximate surface area is 354 Å². The molecule has 62 heavy (non-hydrogen) atoms. The van der Waals surface area contributed by atoms with Crippen molar-refractivity contribution in [2.75, 3.05) is 23.9 Å².